The molecule has 1 aromatic heterocycles. The number of rotatable bonds is 2. The molecule has 3 heterocycles. The van der Waals surface area contributed by atoms with E-state index in [0.29, 0.717) is 17.8 Å². The van der Waals surface area contributed by atoms with Crippen LogP contribution in [0.5, 0.6) is 0 Å². The summed E-state index contributed by atoms with van der Waals surface area (Å²) in [4.78, 5) is 30.1. The highest BCUT2D eigenvalue weighted by Crippen LogP contribution is 2.40. The van der Waals surface area contributed by atoms with Gasteiger partial charge in [-0.15, -0.1) is 0 Å². The quantitative estimate of drug-likeness (QED) is 0.643. The summed E-state index contributed by atoms with van der Waals surface area (Å²) < 4.78 is 4.96. The van der Waals surface area contributed by atoms with Crippen LogP contribution in [0.4, 0.5) is 0 Å². The van der Waals surface area contributed by atoms with Gasteiger partial charge in [0.1, 0.15) is 6.61 Å². The summed E-state index contributed by atoms with van der Waals surface area (Å²) in [6, 6.07) is 6.18. The van der Waals surface area contributed by atoms with Gasteiger partial charge in [-0.2, -0.15) is 0 Å². The molecule has 5 rings (SSSR count). The van der Waals surface area contributed by atoms with E-state index in [-0.39, 0.29) is 6.61 Å². The molecule has 0 saturated heterocycles. The second-order valence-electron chi connectivity index (χ2n) is 7.59. The van der Waals surface area contributed by atoms with Crippen LogP contribution in [-0.4, -0.2) is 40.1 Å². The first-order chi connectivity index (χ1) is 13.6. The molecule has 0 saturated carbocycles. The predicted molar refractivity (Wildman–Crippen MR) is 103 cm³/mol. The van der Waals surface area contributed by atoms with E-state index in [0.717, 1.165) is 48.0 Å². The number of amides is 1. The van der Waals surface area contributed by atoms with E-state index in [1.54, 1.807) is 11.0 Å². The third-order valence-corrected chi connectivity index (χ3v) is 5.93. The molecule has 6 heteroatoms. The highest BCUT2D eigenvalue weighted by Gasteiger charge is 2.33. The first-order valence-electron chi connectivity index (χ1n) is 9.50. The Morgan fingerprint density at radius 1 is 1.29 bits per heavy atom. The van der Waals surface area contributed by atoms with Gasteiger partial charge in [0.05, 0.1) is 23.5 Å². The number of cyclic esters (lactones) is 1. The van der Waals surface area contributed by atoms with Crippen LogP contribution < -0.4 is 0 Å². The molecule has 1 N–H and O–H groups in total. The Kier molecular flexibility index (Phi) is 3.84. The Labute approximate surface area is 162 Å². The normalized spacial score (nSPS) is 22.6. The molecule has 1 atom stereocenters. The molecule has 0 bridgehead atoms. The van der Waals surface area contributed by atoms with E-state index in [4.69, 9.17) is 9.72 Å². The molecule has 3 aliphatic rings. The van der Waals surface area contributed by atoms with Crippen molar-refractivity contribution in [3.05, 3.63) is 57.8 Å². The van der Waals surface area contributed by atoms with Crippen molar-refractivity contribution in [1.29, 1.82) is 0 Å². The van der Waals surface area contributed by atoms with Crippen LogP contribution >= 0.6 is 0 Å². The highest BCUT2D eigenvalue weighted by atomic mass is 16.5. The van der Waals surface area contributed by atoms with Crippen molar-refractivity contribution >= 4 is 29.0 Å². The minimum Gasteiger partial charge on any atom is -0.459 e. The Morgan fingerprint density at radius 2 is 2.14 bits per heavy atom. The summed E-state index contributed by atoms with van der Waals surface area (Å²) >= 11 is 0. The van der Waals surface area contributed by atoms with Crippen molar-refractivity contribution in [3.63, 3.8) is 0 Å². The van der Waals surface area contributed by atoms with Gasteiger partial charge in [-0.3, -0.25) is 4.79 Å². The van der Waals surface area contributed by atoms with E-state index < -0.39 is 12.1 Å². The number of hydrogen-bond acceptors (Lipinski definition) is 5. The van der Waals surface area contributed by atoms with E-state index in [2.05, 4.69) is 6.07 Å². The predicted octanol–water partition coefficient (Wildman–Crippen LogP) is 2.27. The summed E-state index contributed by atoms with van der Waals surface area (Å²) in [6.45, 7) is 2.42. The van der Waals surface area contributed by atoms with E-state index in [1.165, 1.54) is 16.5 Å². The molecule has 0 radical (unpaired) electrons. The molecule has 1 aliphatic carbocycles. The number of carbonyl (C=O) groups excluding carboxylic acids is 2. The fraction of sp³-hybridized carbons (Fsp3) is 0.318. The number of aryl methyl sites for hydroxylation is 2. The lowest BCUT2D eigenvalue weighted by molar-refractivity contribution is -0.151. The van der Waals surface area contributed by atoms with E-state index in [1.807, 2.05) is 19.1 Å². The highest BCUT2D eigenvalue weighted by molar-refractivity contribution is 5.93. The van der Waals surface area contributed by atoms with Crippen LogP contribution in [0.1, 0.15) is 35.7 Å². The average Bonchev–Trinajstić information content (AvgIpc) is 3.06. The number of aliphatic hydroxyl groups is 1. The maximum absolute atomic E-state index is 11.8. The maximum atomic E-state index is 11.8. The van der Waals surface area contributed by atoms with Crippen molar-refractivity contribution in [2.24, 2.45) is 0 Å². The Hall–Kier alpha value is -2.99. The van der Waals surface area contributed by atoms with Crippen molar-refractivity contribution in [1.82, 2.24) is 9.88 Å². The fourth-order valence-corrected chi connectivity index (χ4v) is 4.52. The number of aliphatic hydroxyl groups excluding tert-OH is 1. The molecule has 0 fully saturated rings. The zero-order chi connectivity index (χ0) is 19.4. The van der Waals surface area contributed by atoms with Crippen LogP contribution in [-0.2, 0) is 33.7 Å². The molecular weight excluding hydrogens is 356 g/mol. The van der Waals surface area contributed by atoms with Crippen LogP contribution in [0.2, 0.25) is 0 Å². The lowest BCUT2D eigenvalue weighted by Gasteiger charge is -2.22. The van der Waals surface area contributed by atoms with Gasteiger partial charge < -0.3 is 14.7 Å². The van der Waals surface area contributed by atoms with Crippen molar-refractivity contribution < 1.29 is 19.4 Å². The maximum Gasteiger partial charge on any atom is 0.339 e. The standard InChI is InChI=1S/C22H20N2O4/c1-12-10-28-22(27)21(26)15(12)8-18-20-16(9-24(18)11-25)14-6-2-4-13-5-3-7-17(23-20)19(13)14/h3,5,7-8,11,21,26H,2,4,6,9-10H2,1H3/b18-8-. The average molecular weight is 376 g/mol. The van der Waals surface area contributed by atoms with Crippen LogP contribution in [0.15, 0.2) is 35.4 Å². The Bertz CT molecular complexity index is 1100. The van der Waals surface area contributed by atoms with E-state index >= 15 is 0 Å². The monoisotopic (exact) mass is 376 g/mol. The van der Waals surface area contributed by atoms with Gasteiger partial charge in [-0.1, -0.05) is 12.1 Å². The van der Waals surface area contributed by atoms with Crippen LogP contribution in [0.3, 0.4) is 0 Å². The number of esters is 1. The topological polar surface area (TPSA) is 79.7 Å². The third kappa shape index (κ3) is 2.41. The number of benzene rings is 1. The van der Waals surface area contributed by atoms with E-state index in [9.17, 15) is 14.7 Å². The SMILES string of the molecule is CC1=C(/C=C2/c3nc4cccc5c4c(c3CN2C=O)CCC5)C(O)C(=O)OC1. The van der Waals surface area contributed by atoms with Gasteiger partial charge >= 0.3 is 5.97 Å². The van der Waals surface area contributed by atoms with Gasteiger partial charge in [0, 0.05) is 10.9 Å². The molecular formula is C22H20N2O4. The molecule has 6 nitrogen and oxygen atoms in total. The van der Waals surface area contributed by atoms with Crippen molar-refractivity contribution in [2.45, 2.75) is 38.8 Å². The number of hydrogen-bond donors (Lipinski definition) is 1. The fourth-order valence-electron chi connectivity index (χ4n) is 4.52. The molecule has 2 aliphatic heterocycles. The minimum atomic E-state index is -1.34. The van der Waals surface area contributed by atoms with Crippen molar-refractivity contribution in [2.75, 3.05) is 6.61 Å². The first-order valence-corrected chi connectivity index (χ1v) is 9.50. The second-order valence-corrected chi connectivity index (χ2v) is 7.59. The summed E-state index contributed by atoms with van der Waals surface area (Å²) in [5, 5.41) is 11.5. The number of carbonyl (C=O) groups is 2. The minimum absolute atomic E-state index is 0.142. The Morgan fingerprint density at radius 3 is 2.96 bits per heavy atom. The van der Waals surface area contributed by atoms with Crippen LogP contribution in [0, 0.1) is 0 Å². The number of fused-ring (bicyclic) bond motifs is 2. The van der Waals surface area contributed by atoms with Gasteiger partial charge in [0.15, 0.2) is 6.10 Å². The molecule has 1 aromatic carbocycles. The summed E-state index contributed by atoms with van der Waals surface area (Å²) in [5.74, 6) is -0.667. The summed E-state index contributed by atoms with van der Waals surface area (Å²) in [5.41, 5.74) is 7.23. The lowest BCUT2D eigenvalue weighted by Crippen LogP contribution is -2.31. The molecule has 1 unspecified atom stereocenters. The number of aromatic nitrogens is 1. The smallest absolute Gasteiger partial charge is 0.339 e. The van der Waals surface area contributed by atoms with Gasteiger partial charge in [-0.25, -0.2) is 9.78 Å². The third-order valence-electron chi connectivity index (χ3n) is 5.93. The van der Waals surface area contributed by atoms with Crippen molar-refractivity contribution in [3.8, 4) is 0 Å². The van der Waals surface area contributed by atoms with Crippen LogP contribution in [0.25, 0.3) is 16.6 Å². The molecule has 0 spiro atoms. The molecule has 2 aromatic rings. The van der Waals surface area contributed by atoms with Gasteiger partial charge in [0.2, 0.25) is 6.41 Å². The number of pyridine rings is 1. The summed E-state index contributed by atoms with van der Waals surface area (Å²) in [6.07, 6.45) is 4.26. The zero-order valence-corrected chi connectivity index (χ0v) is 15.6. The zero-order valence-electron chi connectivity index (χ0n) is 15.6. The second kappa shape index (κ2) is 6.27. The first kappa shape index (κ1) is 17.1. The Balaban J connectivity index is 1.74. The summed E-state index contributed by atoms with van der Waals surface area (Å²) in [7, 11) is 0. The number of nitrogens with zero attached hydrogens (tertiary/aromatic N) is 2. The molecule has 142 valence electrons. The molecule has 1 amide bonds. The van der Waals surface area contributed by atoms with Gasteiger partial charge in [-0.05, 0) is 60.6 Å². The van der Waals surface area contributed by atoms with Gasteiger partial charge in [0.25, 0.3) is 0 Å². The lowest BCUT2D eigenvalue weighted by atomic mass is 9.87. The number of ether oxygens (including phenoxy) is 1. The molecule has 28 heavy (non-hydrogen) atoms. The largest absolute Gasteiger partial charge is 0.459 e.